The van der Waals surface area contributed by atoms with E-state index in [1.54, 1.807) is 21.3 Å². The fourth-order valence-corrected chi connectivity index (χ4v) is 3.02. The SMILES string of the molecule is CCOc1ccc(CC(=O)NC(C)Cc2ccc(OC)c(OC)c2)cc1OC. The van der Waals surface area contributed by atoms with Gasteiger partial charge in [-0.25, -0.2) is 0 Å². The van der Waals surface area contributed by atoms with Crippen LogP contribution in [0.1, 0.15) is 25.0 Å². The van der Waals surface area contributed by atoms with Crippen LogP contribution >= 0.6 is 0 Å². The fourth-order valence-electron chi connectivity index (χ4n) is 3.02. The van der Waals surface area contributed by atoms with Gasteiger partial charge in [-0.3, -0.25) is 4.79 Å². The molecule has 2 aromatic rings. The summed E-state index contributed by atoms with van der Waals surface area (Å²) in [6.45, 7) is 4.46. The lowest BCUT2D eigenvalue weighted by Gasteiger charge is -2.16. The number of hydrogen-bond acceptors (Lipinski definition) is 5. The molecule has 0 saturated heterocycles. The highest BCUT2D eigenvalue weighted by Crippen LogP contribution is 2.29. The van der Waals surface area contributed by atoms with Crippen LogP contribution in [0.5, 0.6) is 23.0 Å². The molecule has 28 heavy (non-hydrogen) atoms. The van der Waals surface area contributed by atoms with Gasteiger partial charge in [0.25, 0.3) is 0 Å². The van der Waals surface area contributed by atoms with Crippen molar-refractivity contribution in [2.24, 2.45) is 0 Å². The third-order valence-corrected chi connectivity index (χ3v) is 4.29. The predicted molar refractivity (Wildman–Crippen MR) is 109 cm³/mol. The van der Waals surface area contributed by atoms with E-state index in [9.17, 15) is 4.79 Å². The smallest absolute Gasteiger partial charge is 0.224 e. The number of ether oxygens (including phenoxy) is 4. The fraction of sp³-hybridized carbons (Fsp3) is 0.409. The summed E-state index contributed by atoms with van der Waals surface area (Å²) in [5.41, 5.74) is 1.93. The topological polar surface area (TPSA) is 66.0 Å². The average Bonchev–Trinajstić information content (AvgIpc) is 2.68. The molecule has 1 amide bonds. The van der Waals surface area contributed by atoms with Gasteiger partial charge in [0.1, 0.15) is 0 Å². The molecule has 0 aromatic heterocycles. The van der Waals surface area contributed by atoms with Gasteiger partial charge in [-0.05, 0) is 55.7 Å². The summed E-state index contributed by atoms with van der Waals surface area (Å²) >= 11 is 0. The largest absolute Gasteiger partial charge is 0.493 e. The zero-order valence-corrected chi connectivity index (χ0v) is 17.2. The van der Waals surface area contributed by atoms with Gasteiger partial charge < -0.3 is 24.3 Å². The molecular formula is C22H29NO5. The first-order valence-corrected chi connectivity index (χ1v) is 9.30. The number of nitrogens with one attached hydrogen (secondary N) is 1. The Kier molecular flexibility index (Phi) is 7.99. The second-order valence-corrected chi connectivity index (χ2v) is 6.46. The van der Waals surface area contributed by atoms with Crippen LogP contribution in [0.3, 0.4) is 0 Å². The van der Waals surface area contributed by atoms with E-state index >= 15 is 0 Å². The van der Waals surface area contributed by atoms with Crippen molar-refractivity contribution in [3.63, 3.8) is 0 Å². The molecule has 0 heterocycles. The Hall–Kier alpha value is -2.89. The highest BCUT2D eigenvalue weighted by Gasteiger charge is 2.13. The van der Waals surface area contributed by atoms with Crippen molar-refractivity contribution in [2.75, 3.05) is 27.9 Å². The minimum atomic E-state index is -0.0424. The standard InChI is InChI=1S/C22H29NO5/c1-6-28-19-10-8-17(13-21(19)27-5)14-22(24)23-15(2)11-16-7-9-18(25-3)20(12-16)26-4/h7-10,12-13,15H,6,11,14H2,1-5H3,(H,23,24). The Morgan fingerprint density at radius 3 is 2.11 bits per heavy atom. The maximum absolute atomic E-state index is 12.4. The van der Waals surface area contributed by atoms with Gasteiger partial charge >= 0.3 is 0 Å². The van der Waals surface area contributed by atoms with Gasteiger partial charge in [0.05, 0.1) is 34.4 Å². The second-order valence-electron chi connectivity index (χ2n) is 6.46. The number of methoxy groups -OCH3 is 3. The number of benzene rings is 2. The minimum absolute atomic E-state index is 0.0183. The summed E-state index contributed by atoms with van der Waals surface area (Å²) in [5, 5.41) is 3.04. The molecule has 0 spiro atoms. The van der Waals surface area contributed by atoms with E-state index in [2.05, 4.69) is 5.32 Å². The Balaban J connectivity index is 1.95. The highest BCUT2D eigenvalue weighted by molar-refractivity contribution is 5.79. The molecule has 2 aromatic carbocycles. The van der Waals surface area contributed by atoms with Gasteiger partial charge in [0.15, 0.2) is 23.0 Å². The van der Waals surface area contributed by atoms with Crippen LogP contribution in [0.15, 0.2) is 36.4 Å². The number of carbonyl (C=O) groups is 1. The van der Waals surface area contributed by atoms with Crippen LogP contribution in [0.25, 0.3) is 0 Å². The third kappa shape index (κ3) is 5.81. The predicted octanol–water partition coefficient (Wildman–Crippen LogP) is 3.40. The molecule has 0 aliphatic rings. The summed E-state index contributed by atoms with van der Waals surface area (Å²) < 4.78 is 21.4. The molecule has 6 nitrogen and oxygen atoms in total. The summed E-state index contributed by atoms with van der Waals surface area (Å²) in [4.78, 5) is 12.4. The van der Waals surface area contributed by atoms with Gasteiger partial charge in [-0.15, -0.1) is 0 Å². The van der Waals surface area contributed by atoms with Crippen molar-refractivity contribution in [3.8, 4) is 23.0 Å². The van der Waals surface area contributed by atoms with Gasteiger partial charge in [0.2, 0.25) is 5.91 Å². The lowest BCUT2D eigenvalue weighted by molar-refractivity contribution is -0.121. The molecule has 0 fully saturated rings. The molecule has 0 bridgehead atoms. The highest BCUT2D eigenvalue weighted by atomic mass is 16.5. The molecule has 0 aliphatic heterocycles. The first-order valence-electron chi connectivity index (χ1n) is 9.30. The Labute approximate surface area is 166 Å². The van der Waals surface area contributed by atoms with Crippen molar-refractivity contribution in [3.05, 3.63) is 47.5 Å². The Morgan fingerprint density at radius 2 is 1.46 bits per heavy atom. The van der Waals surface area contributed by atoms with Crippen LogP contribution in [0.2, 0.25) is 0 Å². The summed E-state index contributed by atoms with van der Waals surface area (Å²) in [5.74, 6) is 2.63. The van der Waals surface area contributed by atoms with Crippen LogP contribution in [0.4, 0.5) is 0 Å². The van der Waals surface area contributed by atoms with E-state index < -0.39 is 0 Å². The number of carbonyl (C=O) groups excluding carboxylic acids is 1. The van der Waals surface area contributed by atoms with Crippen LogP contribution < -0.4 is 24.3 Å². The van der Waals surface area contributed by atoms with E-state index in [-0.39, 0.29) is 18.4 Å². The lowest BCUT2D eigenvalue weighted by Crippen LogP contribution is -2.35. The molecule has 1 atom stereocenters. The normalized spacial score (nSPS) is 11.5. The number of amides is 1. The van der Waals surface area contributed by atoms with Crippen molar-refractivity contribution in [1.82, 2.24) is 5.32 Å². The molecule has 1 N–H and O–H groups in total. The zero-order chi connectivity index (χ0) is 20.5. The van der Waals surface area contributed by atoms with Crippen LogP contribution in [0, 0.1) is 0 Å². The van der Waals surface area contributed by atoms with E-state index in [0.29, 0.717) is 36.0 Å². The summed E-state index contributed by atoms with van der Waals surface area (Å²) in [7, 11) is 4.81. The van der Waals surface area contributed by atoms with E-state index in [1.165, 1.54) is 0 Å². The molecule has 2 rings (SSSR count). The zero-order valence-electron chi connectivity index (χ0n) is 17.2. The Bertz CT molecular complexity index is 790. The second kappa shape index (κ2) is 10.4. The summed E-state index contributed by atoms with van der Waals surface area (Å²) in [6, 6.07) is 11.3. The lowest BCUT2D eigenvalue weighted by atomic mass is 10.1. The van der Waals surface area contributed by atoms with Crippen molar-refractivity contribution < 1.29 is 23.7 Å². The molecular weight excluding hydrogens is 358 g/mol. The maximum atomic E-state index is 12.4. The molecule has 1 unspecified atom stereocenters. The first kappa shape index (κ1) is 21.4. The minimum Gasteiger partial charge on any atom is -0.493 e. The molecule has 6 heteroatoms. The molecule has 0 radical (unpaired) electrons. The van der Waals surface area contributed by atoms with Gasteiger partial charge in [-0.1, -0.05) is 12.1 Å². The number of hydrogen-bond donors (Lipinski definition) is 1. The van der Waals surface area contributed by atoms with Gasteiger partial charge in [-0.2, -0.15) is 0 Å². The monoisotopic (exact) mass is 387 g/mol. The molecule has 0 saturated carbocycles. The van der Waals surface area contributed by atoms with Crippen molar-refractivity contribution in [2.45, 2.75) is 32.7 Å². The number of rotatable bonds is 10. The maximum Gasteiger partial charge on any atom is 0.224 e. The Morgan fingerprint density at radius 1 is 0.893 bits per heavy atom. The van der Waals surface area contributed by atoms with E-state index in [4.69, 9.17) is 18.9 Å². The van der Waals surface area contributed by atoms with Crippen molar-refractivity contribution in [1.29, 1.82) is 0 Å². The van der Waals surface area contributed by atoms with Crippen LogP contribution in [-0.4, -0.2) is 39.9 Å². The van der Waals surface area contributed by atoms with E-state index in [1.807, 2.05) is 50.2 Å². The summed E-state index contributed by atoms with van der Waals surface area (Å²) in [6.07, 6.45) is 0.970. The quantitative estimate of drug-likeness (QED) is 0.677. The molecule has 152 valence electrons. The molecule has 0 aliphatic carbocycles. The van der Waals surface area contributed by atoms with E-state index in [0.717, 1.165) is 11.1 Å². The van der Waals surface area contributed by atoms with Crippen molar-refractivity contribution >= 4 is 5.91 Å². The van der Waals surface area contributed by atoms with Crippen LogP contribution in [-0.2, 0) is 17.6 Å². The van der Waals surface area contributed by atoms with Gasteiger partial charge in [0, 0.05) is 6.04 Å². The first-order chi connectivity index (χ1) is 13.5. The third-order valence-electron chi connectivity index (χ3n) is 4.29. The average molecular weight is 387 g/mol.